The molecule has 1 aromatic carbocycles. The molecule has 1 aliphatic heterocycles. The maximum atomic E-state index is 11.5. The minimum absolute atomic E-state index is 0.238. The van der Waals surface area contributed by atoms with Crippen molar-refractivity contribution < 1.29 is 9.90 Å². The van der Waals surface area contributed by atoms with E-state index in [4.69, 9.17) is 0 Å². The highest BCUT2D eigenvalue weighted by Gasteiger charge is 2.38. The van der Waals surface area contributed by atoms with Crippen LogP contribution in [0.1, 0.15) is 31.7 Å². The van der Waals surface area contributed by atoms with Gasteiger partial charge in [-0.15, -0.1) is 0 Å². The molecule has 120 valence electrons. The Kier molecular flexibility index (Phi) is 4.79. The Labute approximate surface area is 132 Å². The molecule has 1 aromatic rings. The smallest absolute Gasteiger partial charge is 0.307 e. The molecule has 4 nitrogen and oxygen atoms in total. The van der Waals surface area contributed by atoms with Crippen LogP contribution in [-0.2, 0) is 11.3 Å². The van der Waals surface area contributed by atoms with Crippen LogP contribution in [0.5, 0.6) is 0 Å². The first-order chi connectivity index (χ1) is 10.6. The number of piperidine rings is 1. The molecule has 1 aliphatic carbocycles. The number of hydrogen-bond acceptors (Lipinski definition) is 3. The van der Waals surface area contributed by atoms with Crippen molar-refractivity contribution in [2.75, 3.05) is 13.1 Å². The van der Waals surface area contributed by atoms with Gasteiger partial charge in [-0.05, 0) is 30.7 Å². The minimum atomic E-state index is -0.649. The van der Waals surface area contributed by atoms with Gasteiger partial charge < -0.3 is 10.4 Å². The summed E-state index contributed by atoms with van der Waals surface area (Å²) >= 11 is 0. The van der Waals surface area contributed by atoms with Crippen LogP contribution in [0.4, 0.5) is 0 Å². The van der Waals surface area contributed by atoms with Crippen LogP contribution < -0.4 is 5.32 Å². The maximum Gasteiger partial charge on any atom is 0.307 e. The molecular formula is C18H26N2O2. The third-order valence-corrected chi connectivity index (χ3v) is 5.13. The van der Waals surface area contributed by atoms with Gasteiger partial charge in [0, 0.05) is 31.7 Å². The SMILES string of the molecule is CC1CC(N2CC(NCc3ccccc3)CC(C(=O)O)C2)C1. The third kappa shape index (κ3) is 3.68. The molecule has 0 radical (unpaired) electrons. The second kappa shape index (κ2) is 6.80. The Balaban J connectivity index is 1.58. The Hall–Kier alpha value is -1.39. The van der Waals surface area contributed by atoms with Crippen LogP contribution in [0.2, 0.25) is 0 Å². The highest BCUT2D eigenvalue weighted by Crippen LogP contribution is 2.33. The summed E-state index contributed by atoms with van der Waals surface area (Å²) in [6, 6.07) is 11.2. The average Bonchev–Trinajstić information content (AvgIpc) is 2.50. The van der Waals surface area contributed by atoms with Crippen LogP contribution in [0.3, 0.4) is 0 Å². The van der Waals surface area contributed by atoms with E-state index in [1.165, 1.54) is 18.4 Å². The summed E-state index contributed by atoms with van der Waals surface area (Å²) in [6.45, 7) is 4.79. The van der Waals surface area contributed by atoms with Crippen molar-refractivity contribution >= 4 is 5.97 Å². The zero-order valence-electron chi connectivity index (χ0n) is 13.2. The molecule has 0 spiro atoms. The molecule has 2 aliphatic rings. The monoisotopic (exact) mass is 302 g/mol. The van der Waals surface area contributed by atoms with Gasteiger partial charge in [0.25, 0.3) is 0 Å². The van der Waals surface area contributed by atoms with Gasteiger partial charge in [-0.25, -0.2) is 0 Å². The fourth-order valence-electron chi connectivity index (χ4n) is 3.77. The van der Waals surface area contributed by atoms with E-state index in [2.05, 4.69) is 29.3 Å². The minimum Gasteiger partial charge on any atom is -0.481 e. The lowest BCUT2D eigenvalue weighted by atomic mass is 9.79. The van der Waals surface area contributed by atoms with E-state index in [9.17, 15) is 9.90 Å². The van der Waals surface area contributed by atoms with Crippen LogP contribution in [0.15, 0.2) is 30.3 Å². The first kappa shape index (κ1) is 15.5. The molecule has 3 rings (SSSR count). The molecule has 2 N–H and O–H groups in total. The highest BCUT2D eigenvalue weighted by molar-refractivity contribution is 5.70. The van der Waals surface area contributed by atoms with Gasteiger partial charge in [0.05, 0.1) is 5.92 Å². The van der Waals surface area contributed by atoms with Gasteiger partial charge in [0.15, 0.2) is 0 Å². The van der Waals surface area contributed by atoms with Crippen LogP contribution in [0.25, 0.3) is 0 Å². The quantitative estimate of drug-likeness (QED) is 0.876. The summed E-state index contributed by atoms with van der Waals surface area (Å²) in [4.78, 5) is 13.9. The molecule has 2 fully saturated rings. The fourth-order valence-corrected chi connectivity index (χ4v) is 3.77. The van der Waals surface area contributed by atoms with Crippen molar-refractivity contribution in [2.45, 2.75) is 44.8 Å². The van der Waals surface area contributed by atoms with Crippen molar-refractivity contribution in [1.29, 1.82) is 0 Å². The summed E-state index contributed by atoms with van der Waals surface area (Å²) in [5, 5.41) is 13.0. The molecule has 0 amide bonds. The maximum absolute atomic E-state index is 11.5. The zero-order chi connectivity index (χ0) is 15.5. The lowest BCUT2D eigenvalue weighted by molar-refractivity contribution is -0.145. The van der Waals surface area contributed by atoms with E-state index in [0.717, 1.165) is 32.0 Å². The Morgan fingerprint density at radius 2 is 1.95 bits per heavy atom. The van der Waals surface area contributed by atoms with E-state index in [0.29, 0.717) is 6.04 Å². The number of likely N-dealkylation sites (tertiary alicyclic amines) is 1. The summed E-state index contributed by atoms with van der Waals surface area (Å²) in [5.41, 5.74) is 1.25. The molecule has 1 saturated carbocycles. The first-order valence-electron chi connectivity index (χ1n) is 8.36. The number of carbonyl (C=O) groups is 1. The molecule has 1 heterocycles. The average molecular weight is 302 g/mol. The van der Waals surface area contributed by atoms with Crippen LogP contribution >= 0.6 is 0 Å². The Morgan fingerprint density at radius 3 is 2.59 bits per heavy atom. The fraction of sp³-hybridized carbons (Fsp3) is 0.611. The molecule has 4 heteroatoms. The molecule has 2 unspecified atom stereocenters. The first-order valence-corrected chi connectivity index (χ1v) is 8.36. The van der Waals surface area contributed by atoms with Gasteiger partial charge in [0.1, 0.15) is 0 Å². The number of carboxylic acid groups (broad SMARTS) is 1. The zero-order valence-corrected chi connectivity index (χ0v) is 13.2. The van der Waals surface area contributed by atoms with Gasteiger partial charge in [0.2, 0.25) is 0 Å². The van der Waals surface area contributed by atoms with Crippen molar-refractivity contribution in [1.82, 2.24) is 10.2 Å². The number of hydrogen-bond donors (Lipinski definition) is 2. The topological polar surface area (TPSA) is 52.6 Å². The Morgan fingerprint density at radius 1 is 1.23 bits per heavy atom. The second-order valence-electron chi connectivity index (χ2n) is 7.02. The summed E-state index contributed by atoms with van der Waals surface area (Å²) in [6.07, 6.45) is 3.18. The largest absolute Gasteiger partial charge is 0.481 e. The predicted octanol–water partition coefficient (Wildman–Crippen LogP) is 2.35. The van der Waals surface area contributed by atoms with Crippen LogP contribution in [0, 0.1) is 11.8 Å². The number of carboxylic acids is 1. The van der Waals surface area contributed by atoms with Crippen LogP contribution in [-0.4, -0.2) is 41.1 Å². The predicted molar refractivity (Wildman–Crippen MR) is 86.6 cm³/mol. The molecule has 0 aromatic heterocycles. The summed E-state index contributed by atoms with van der Waals surface area (Å²) in [7, 11) is 0. The van der Waals surface area contributed by atoms with E-state index in [1.807, 2.05) is 18.2 Å². The van der Waals surface area contributed by atoms with E-state index >= 15 is 0 Å². The number of nitrogens with one attached hydrogen (secondary N) is 1. The van der Waals surface area contributed by atoms with E-state index < -0.39 is 5.97 Å². The highest BCUT2D eigenvalue weighted by atomic mass is 16.4. The van der Waals surface area contributed by atoms with Crippen molar-refractivity contribution in [2.24, 2.45) is 11.8 Å². The lowest BCUT2D eigenvalue weighted by Gasteiger charge is -2.47. The van der Waals surface area contributed by atoms with E-state index in [-0.39, 0.29) is 12.0 Å². The summed E-state index contributed by atoms with van der Waals surface area (Å²) in [5.74, 6) is -0.0903. The Bertz CT molecular complexity index is 499. The van der Waals surface area contributed by atoms with Gasteiger partial charge in [-0.3, -0.25) is 9.69 Å². The van der Waals surface area contributed by atoms with Crippen molar-refractivity contribution in [3.8, 4) is 0 Å². The third-order valence-electron chi connectivity index (χ3n) is 5.13. The molecule has 2 atom stereocenters. The van der Waals surface area contributed by atoms with Gasteiger partial charge in [-0.2, -0.15) is 0 Å². The second-order valence-corrected chi connectivity index (χ2v) is 7.02. The number of nitrogens with zero attached hydrogens (tertiary/aromatic N) is 1. The number of rotatable bonds is 5. The van der Waals surface area contributed by atoms with E-state index in [1.54, 1.807) is 0 Å². The molecule has 0 bridgehead atoms. The normalized spacial score (nSPS) is 32.4. The summed E-state index contributed by atoms with van der Waals surface area (Å²) < 4.78 is 0. The van der Waals surface area contributed by atoms with Gasteiger partial charge in [-0.1, -0.05) is 37.3 Å². The van der Waals surface area contributed by atoms with Crippen molar-refractivity contribution in [3.63, 3.8) is 0 Å². The molecular weight excluding hydrogens is 276 g/mol. The number of aliphatic carboxylic acids is 1. The lowest BCUT2D eigenvalue weighted by Crippen LogP contribution is -2.56. The number of benzene rings is 1. The van der Waals surface area contributed by atoms with Crippen molar-refractivity contribution in [3.05, 3.63) is 35.9 Å². The molecule has 1 saturated heterocycles. The standard InChI is InChI=1S/C18H26N2O2/c1-13-7-17(8-13)20-11-15(18(21)22)9-16(12-20)19-10-14-5-3-2-4-6-14/h2-6,13,15-17,19H,7-12H2,1H3,(H,21,22). The van der Waals surface area contributed by atoms with Gasteiger partial charge >= 0.3 is 5.97 Å². The molecule has 22 heavy (non-hydrogen) atoms.